The van der Waals surface area contributed by atoms with Gasteiger partial charge in [-0.1, -0.05) is 41.6 Å². The minimum Gasteiger partial charge on any atom is -0.363 e. The molecule has 0 aromatic heterocycles. The quantitative estimate of drug-likeness (QED) is 0.753. The van der Waals surface area contributed by atoms with Crippen LogP contribution in [0.2, 0.25) is 0 Å². The molecule has 1 fully saturated rings. The van der Waals surface area contributed by atoms with Crippen LogP contribution >= 0.6 is 11.8 Å². The number of halogens is 3. The zero-order chi connectivity index (χ0) is 19.2. The number of amides is 1. The Morgan fingerprint density at radius 1 is 1.19 bits per heavy atom. The molecule has 0 radical (unpaired) electrons. The number of aryl methyl sites for hydroxylation is 1. The van der Waals surface area contributed by atoms with Crippen LogP contribution in [0.15, 0.2) is 52.3 Å². The summed E-state index contributed by atoms with van der Waals surface area (Å²) in [6.07, 6.45) is -3.91. The van der Waals surface area contributed by atoms with Crippen molar-refractivity contribution in [1.82, 2.24) is 5.32 Å². The molecule has 142 valence electrons. The Morgan fingerprint density at radius 2 is 1.96 bits per heavy atom. The van der Waals surface area contributed by atoms with Gasteiger partial charge in [0.05, 0.1) is 11.7 Å². The van der Waals surface area contributed by atoms with Crippen LogP contribution in [0.4, 0.5) is 18.9 Å². The van der Waals surface area contributed by atoms with E-state index in [1.165, 1.54) is 0 Å². The van der Waals surface area contributed by atoms with Gasteiger partial charge in [-0.05, 0) is 43.5 Å². The lowest BCUT2D eigenvalue weighted by atomic mass is 9.90. The molecule has 2 aromatic rings. The number of hydrogen-bond acceptors (Lipinski definition) is 3. The zero-order valence-corrected chi connectivity index (χ0v) is 15.5. The van der Waals surface area contributed by atoms with Gasteiger partial charge in [0.2, 0.25) is 0 Å². The lowest BCUT2D eigenvalue weighted by molar-refractivity contribution is -0.174. The highest BCUT2D eigenvalue weighted by Gasteiger charge is 2.42. The minimum absolute atomic E-state index is 0.0664. The van der Waals surface area contributed by atoms with Gasteiger partial charge in [-0.15, -0.1) is 0 Å². The first kappa shape index (κ1) is 18.2. The summed E-state index contributed by atoms with van der Waals surface area (Å²) >= 11 is 1.69. The van der Waals surface area contributed by atoms with Crippen LogP contribution in [-0.2, 0) is 4.79 Å². The third kappa shape index (κ3) is 3.52. The van der Waals surface area contributed by atoms with Crippen LogP contribution in [0.1, 0.15) is 30.0 Å². The number of fused-ring (bicyclic) bond motifs is 5. The van der Waals surface area contributed by atoms with Crippen molar-refractivity contribution in [2.24, 2.45) is 0 Å². The van der Waals surface area contributed by atoms with Crippen molar-refractivity contribution in [3.05, 3.63) is 53.6 Å². The number of alkyl halides is 3. The molecule has 0 bridgehead atoms. The number of hydrogen-bond donors (Lipinski definition) is 1. The van der Waals surface area contributed by atoms with Gasteiger partial charge < -0.3 is 10.2 Å². The summed E-state index contributed by atoms with van der Waals surface area (Å²) in [5.74, 6) is -1.85. The predicted molar refractivity (Wildman–Crippen MR) is 99.1 cm³/mol. The molecule has 1 saturated heterocycles. The van der Waals surface area contributed by atoms with Crippen molar-refractivity contribution in [2.75, 3.05) is 11.4 Å². The van der Waals surface area contributed by atoms with Crippen LogP contribution in [0.5, 0.6) is 0 Å². The molecule has 2 heterocycles. The molecule has 2 aliphatic rings. The van der Waals surface area contributed by atoms with Crippen molar-refractivity contribution in [3.63, 3.8) is 0 Å². The number of anilines is 1. The Labute approximate surface area is 159 Å². The third-order valence-corrected chi connectivity index (χ3v) is 6.27. The molecule has 7 heteroatoms. The van der Waals surface area contributed by atoms with Gasteiger partial charge in [-0.2, -0.15) is 13.2 Å². The molecule has 3 nitrogen and oxygen atoms in total. The van der Waals surface area contributed by atoms with Crippen LogP contribution in [0, 0.1) is 6.92 Å². The highest BCUT2D eigenvalue weighted by Crippen LogP contribution is 2.48. The van der Waals surface area contributed by atoms with Crippen molar-refractivity contribution >= 4 is 23.4 Å². The maximum atomic E-state index is 12.7. The van der Waals surface area contributed by atoms with Gasteiger partial charge in [0.25, 0.3) is 0 Å². The first-order valence-electron chi connectivity index (χ1n) is 8.84. The summed E-state index contributed by atoms with van der Waals surface area (Å²) in [7, 11) is 0. The maximum Gasteiger partial charge on any atom is 0.471 e. The van der Waals surface area contributed by atoms with E-state index in [4.69, 9.17) is 0 Å². The molecule has 0 aliphatic carbocycles. The van der Waals surface area contributed by atoms with E-state index in [1.54, 1.807) is 11.8 Å². The first-order valence-corrected chi connectivity index (χ1v) is 9.66. The van der Waals surface area contributed by atoms with E-state index in [1.807, 2.05) is 19.1 Å². The number of rotatable bonds is 1. The lowest BCUT2D eigenvalue weighted by Gasteiger charge is -2.41. The fraction of sp³-hybridized carbons (Fsp3) is 0.350. The number of carbonyl (C=O) groups excluding carboxylic acids is 1. The molecule has 1 N–H and O–H groups in total. The molecule has 4 rings (SSSR count). The van der Waals surface area contributed by atoms with Crippen molar-refractivity contribution in [1.29, 1.82) is 0 Å². The van der Waals surface area contributed by atoms with E-state index >= 15 is 0 Å². The van der Waals surface area contributed by atoms with E-state index < -0.39 is 18.1 Å². The van der Waals surface area contributed by atoms with Gasteiger partial charge in [0.15, 0.2) is 0 Å². The summed E-state index contributed by atoms with van der Waals surface area (Å²) in [6, 6.07) is 13.8. The monoisotopic (exact) mass is 392 g/mol. The summed E-state index contributed by atoms with van der Waals surface area (Å²) in [5, 5.41) is 2.18. The number of nitrogens with zero attached hydrogens (tertiary/aromatic N) is 1. The van der Waals surface area contributed by atoms with Gasteiger partial charge in [0, 0.05) is 22.4 Å². The Bertz CT molecular complexity index is 884. The predicted octanol–water partition coefficient (Wildman–Crippen LogP) is 4.85. The summed E-state index contributed by atoms with van der Waals surface area (Å²) in [4.78, 5) is 15.9. The van der Waals surface area contributed by atoms with Crippen LogP contribution in [0.3, 0.4) is 0 Å². The maximum absolute atomic E-state index is 12.7. The highest BCUT2D eigenvalue weighted by molar-refractivity contribution is 7.99. The van der Waals surface area contributed by atoms with Gasteiger partial charge >= 0.3 is 12.1 Å². The Kier molecular flexibility index (Phi) is 4.58. The molecule has 2 atom stereocenters. The largest absolute Gasteiger partial charge is 0.471 e. The summed E-state index contributed by atoms with van der Waals surface area (Å²) in [6.45, 7) is 2.61. The molecular formula is C20H19F3N2OS. The fourth-order valence-electron chi connectivity index (χ4n) is 3.87. The number of nitrogens with one attached hydrogen (secondary N) is 1. The number of carbonyl (C=O) groups is 1. The molecule has 2 aliphatic heterocycles. The van der Waals surface area contributed by atoms with Crippen molar-refractivity contribution < 1.29 is 18.0 Å². The third-order valence-electron chi connectivity index (χ3n) is 5.11. The smallest absolute Gasteiger partial charge is 0.363 e. The molecule has 1 amide bonds. The van der Waals surface area contributed by atoms with Gasteiger partial charge in [-0.3, -0.25) is 4.79 Å². The minimum atomic E-state index is -4.85. The summed E-state index contributed by atoms with van der Waals surface area (Å²) in [5.41, 5.74) is 3.32. The average molecular weight is 392 g/mol. The van der Waals surface area contributed by atoms with Crippen molar-refractivity contribution in [3.8, 4) is 0 Å². The second-order valence-corrected chi connectivity index (χ2v) is 8.10. The standard InChI is InChI=1S/C20H19F3N2OS/c1-12-6-7-17-14(10-12)16-11-13(24-19(26)20(21,22)23)8-9-25(16)15-4-2-3-5-18(15)27-17/h2-7,10,13,16H,8-9,11H2,1H3,(H,24,26). The fourth-order valence-corrected chi connectivity index (χ4v) is 4.99. The lowest BCUT2D eigenvalue weighted by Crippen LogP contribution is -2.49. The zero-order valence-electron chi connectivity index (χ0n) is 14.7. The number of benzene rings is 2. The van der Waals surface area contributed by atoms with Gasteiger partial charge in [0.1, 0.15) is 0 Å². The van der Waals surface area contributed by atoms with Gasteiger partial charge in [-0.25, -0.2) is 0 Å². The second-order valence-electron chi connectivity index (χ2n) is 7.01. The van der Waals surface area contributed by atoms with Crippen molar-refractivity contribution in [2.45, 2.75) is 47.8 Å². The van der Waals surface area contributed by atoms with E-state index in [9.17, 15) is 18.0 Å². The average Bonchev–Trinajstić information content (AvgIpc) is 2.75. The normalized spacial score (nSPS) is 21.6. The Balaban J connectivity index is 1.70. The first-order chi connectivity index (χ1) is 12.8. The molecular weight excluding hydrogens is 373 g/mol. The second kappa shape index (κ2) is 6.78. The van der Waals surface area contributed by atoms with E-state index in [2.05, 4.69) is 40.5 Å². The molecule has 27 heavy (non-hydrogen) atoms. The Hall–Kier alpha value is -2.15. The molecule has 0 saturated carbocycles. The van der Waals surface area contributed by atoms with Crippen LogP contribution in [0.25, 0.3) is 0 Å². The number of para-hydroxylation sites is 1. The van der Waals surface area contributed by atoms with Crippen LogP contribution < -0.4 is 10.2 Å². The van der Waals surface area contributed by atoms with E-state index in [-0.39, 0.29) is 6.04 Å². The molecule has 2 unspecified atom stereocenters. The Morgan fingerprint density at radius 3 is 2.74 bits per heavy atom. The number of piperidine rings is 1. The molecule has 0 spiro atoms. The van der Waals surface area contributed by atoms with Crippen LogP contribution in [-0.4, -0.2) is 24.7 Å². The van der Waals surface area contributed by atoms with E-state index in [0.717, 1.165) is 26.6 Å². The topological polar surface area (TPSA) is 32.3 Å². The highest BCUT2D eigenvalue weighted by atomic mass is 32.2. The SMILES string of the molecule is Cc1ccc2c(c1)C1CC(NC(=O)C(F)(F)F)CCN1c1ccccc1S2. The molecule has 2 aromatic carbocycles. The van der Waals surface area contributed by atoms with E-state index in [0.29, 0.717) is 19.4 Å². The summed E-state index contributed by atoms with van der Waals surface area (Å²) < 4.78 is 38.0.